The van der Waals surface area contributed by atoms with Gasteiger partial charge in [0.1, 0.15) is 0 Å². The second-order valence-electron chi connectivity index (χ2n) is 5.45. The topological polar surface area (TPSA) is 63.2 Å². The summed E-state index contributed by atoms with van der Waals surface area (Å²) < 4.78 is 23.0. The van der Waals surface area contributed by atoms with Crippen LogP contribution in [0.25, 0.3) is 0 Å². The summed E-state index contributed by atoms with van der Waals surface area (Å²) in [5, 5.41) is 2.95. The molecule has 0 bridgehead atoms. The molecule has 0 saturated heterocycles. The number of hydrogen-bond donors (Lipinski definition) is 1. The summed E-state index contributed by atoms with van der Waals surface area (Å²) in [7, 11) is 1.41. The molecular formula is C14H19Cl2NO3S. The molecule has 118 valence electrons. The average Bonchev–Trinajstić information content (AvgIpc) is 2.36. The summed E-state index contributed by atoms with van der Waals surface area (Å²) in [5.41, 5.74) is 0.516. The zero-order chi connectivity index (χ0) is 16.4. The molecule has 0 aliphatic carbocycles. The Kier molecular flexibility index (Phi) is 6.08. The molecule has 0 aliphatic rings. The van der Waals surface area contributed by atoms with Gasteiger partial charge in [0.25, 0.3) is 15.0 Å². The minimum absolute atomic E-state index is 0.140. The van der Waals surface area contributed by atoms with E-state index in [-0.39, 0.29) is 21.4 Å². The third-order valence-electron chi connectivity index (χ3n) is 3.55. The van der Waals surface area contributed by atoms with E-state index in [0.29, 0.717) is 23.9 Å². The Morgan fingerprint density at radius 3 is 2.33 bits per heavy atom. The number of rotatable bonds is 5. The molecule has 0 saturated carbocycles. The van der Waals surface area contributed by atoms with E-state index >= 15 is 0 Å². The molecule has 0 radical (unpaired) electrons. The molecule has 0 heterocycles. The SMILES string of the molecule is Cc1c(C(=O)NCC(C)C(C)C)cc(Cl)cc1S(=O)(=O)Cl. The monoisotopic (exact) mass is 351 g/mol. The van der Waals surface area contributed by atoms with E-state index in [1.54, 1.807) is 0 Å². The summed E-state index contributed by atoms with van der Waals surface area (Å²) in [5.74, 6) is 0.387. The fourth-order valence-electron chi connectivity index (χ4n) is 1.73. The predicted molar refractivity (Wildman–Crippen MR) is 85.6 cm³/mol. The van der Waals surface area contributed by atoms with Crippen LogP contribution in [0.3, 0.4) is 0 Å². The van der Waals surface area contributed by atoms with E-state index < -0.39 is 9.05 Å². The average molecular weight is 352 g/mol. The van der Waals surface area contributed by atoms with Crippen molar-refractivity contribution in [2.24, 2.45) is 11.8 Å². The van der Waals surface area contributed by atoms with Crippen molar-refractivity contribution in [3.8, 4) is 0 Å². The maximum atomic E-state index is 12.2. The Bertz CT molecular complexity index is 642. The number of carbonyl (C=O) groups excluding carboxylic acids is 1. The fraction of sp³-hybridized carbons (Fsp3) is 0.500. The first kappa shape index (κ1) is 18.3. The smallest absolute Gasteiger partial charge is 0.261 e. The zero-order valence-electron chi connectivity index (χ0n) is 12.4. The highest BCUT2D eigenvalue weighted by molar-refractivity contribution is 8.13. The predicted octanol–water partition coefficient (Wildman–Crippen LogP) is 3.60. The number of amides is 1. The van der Waals surface area contributed by atoms with Gasteiger partial charge in [0.05, 0.1) is 4.90 Å². The summed E-state index contributed by atoms with van der Waals surface area (Å²) in [6.07, 6.45) is 0. The first-order valence-electron chi connectivity index (χ1n) is 6.57. The molecule has 1 aromatic carbocycles. The second kappa shape index (κ2) is 6.99. The lowest BCUT2D eigenvalue weighted by molar-refractivity contribution is 0.0944. The maximum Gasteiger partial charge on any atom is 0.261 e. The largest absolute Gasteiger partial charge is 0.352 e. The van der Waals surface area contributed by atoms with Crippen LogP contribution in [0.2, 0.25) is 5.02 Å². The lowest BCUT2D eigenvalue weighted by Gasteiger charge is -2.17. The lowest BCUT2D eigenvalue weighted by atomic mass is 9.98. The number of nitrogens with one attached hydrogen (secondary N) is 1. The molecule has 0 spiro atoms. The van der Waals surface area contributed by atoms with Crippen LogP contribution < -0.4 is 5.32 Å². The molecule has 1 atom stereocenters. The van der Waals surface area contributed by atoms with Gasteiger partial charge in [0.15, 0.2) is 0 Å². The zero-order valence-corrected chi connectivity index (χ0v) is 14.7. The lowest BCUT2D eigenvalue weighted by Crippen LogP contribution is -2.30. The fourth-order valence-corrected chi connectivity index (χ4v) is 3.23. The molecule has 7 heteroatoms. The van der Waals surface area contributed by atoms with Crippen molar-refractivity contribution < 1.29 is 13.2 Å². The van der Waals surface area contributed by atoms with Crippen molar-refractivity contribution in [3.05, 3.63) is 28.3 Å². The van der Waals surface area contributed by atoms with Gasteiger partial charge in [-0.25, -0.2) is 8.42 Å². The molecule has 0 aliphatic heterocycles. The van der Waals surface area contributed by atoms with Gasteiger partial charge in [0, 0.05) is 27.8 Å². The minimum atomic E-state index is -3.95. The third-order valence-corrected chi connectivity index (χ3v) is 5.22. The molecule has 1 aromatic rings. The van der Waals surface area contributed by atoms with Gasteiger partial charge in [-0.05, 0) is 36.5 Å². The second-order valence-corrected chi connectivity index (χ2v) is 8.42. The van der Waals surface area contributed by atoms with E-state index in [9.17, 15) is 13.2 Å². The van der Waals surface area contributed by atoms with Gasteiger partial charge < -0.3 is 5.32 Å². The number of hydrogen-bond acceptors (Lipinski definition) is 3. The number of benzene rings is 1. The van der Waals surface area contributed by atoms with Crippen LogP contribution in [0.5, 0.6) is 0 Å². The van der Waals surface area contributed by atoms with E-state index in [2.05, 4.69) is 19.2 Å². The van der Waals surface area contributed by atoms with Gasteiger partial charge in [-0.1, -0.05) is 32.4 Å². The first-order chi connectivity index (χ1) is 9.54. The molecular weight excluding hydrogens is 333 g/mol. The molecule has 1 N–H and O–H groups in total. The molecule has 1 unspecified atom stereocenters. The molecule has 0 aromatic heterocycles. The van der Waals surface area contributed by atoms with Gasteiger partial charge in [-0.3, -0.25) is 4.79 Å². The van der Waals surface area contributed by atoms with Crippen LogP contribution in [-0.2, 0) is 9.05 Å². The summed E-state index contributed by atoms with van der Waals surface area (Å²) in [6, 6.07) is 2.69. The molecule has 21 heavy (non-hydrogen) atoms. The quantitative estimate of drug-likeness (QED) is 0.824. The van der Waals surface area contributed by atoms with E-state index in [4.69, 9.17) is 22.3 Å². The summed E-state index contributed by atoms with van der Waals surface area (Å²) in [4.78, 5) is 12.1. The van der Waals surface area contributed by atoms with Crippen LogP contribution in [0, 0.1) is 18.8 Å². The van der Waals surface area contributed by atoms with Crippen molar-refractivity contribution in [2.75, 3.05) is 6.54 Å². The van der Waals surface area contributed by atoms with Gasteiger partial charge in [0.2, 0.25) is 0 Å². The Labute approximate surface area is 135 Å². The third kappa shape index (κ3) is 4.87. The van der Waals surface area contributed by atoms with E-state index in [0.717, 1.165) is 0 Å². The molecule has 0 fully saturated rings. The van der Waals surface area contributed by atoms with Crippen molar-refractivity contribution in [2.45, 2.75) is 32.6 Å². The minimum Gasteiger partial charge on any atom is -0.352 e. The highest BCUT2D eigenvalue weighted by Crippen LogP contribution is 2.27. The van der Waals surface area contributed by atoms with Crippen molar-refractivity contribution in [1.29, 1.82) is 0 Å². The van der Waals surface area contributed by atoms with Gasteiger partial charge >= 0.3 is 0 Å². The summed E-state index contributed by atoms with van der Waals surface area (Å²) >= 11 is 5.88. The first-order valence-corrected chi connectivity index (χ1v) is 9.25. The molecule has 4 nitrogen and oxygen atoms in total. The van der Waals surface area contributed by atoms with Gasteiger partial charge in [-0.15, -0.1) is 0 Å². The summed E-state index contributed by atoms with van der Waals surface area (Å²) in [6.45, 7) is 8.21. The Morgan fingerprint density at radius 2 is 1.86 bits per heavy atom. The van der Waals surface area contributed by atoms with Gasteiger partial charge in [-0.2, -0.15) is 0 Å². The van der Waals surface area contributed by atoms with E-state index in [1.165, 1.54) is 19.1 Å². The highest BCUT2D eigenvalue weighted by Gasteiger charge is 2.21. The van der Waals surface area contributed by atoms with Crippen LogP contribution in [0.1, 0.15) is 36.7 Å². The van der Waals surface area contributed by atoms with Crippen LogP contribution in [-0.4, -0.2) is 20.9 Å². The Balaban J connectivity index is 3.08. The van der Waals surface area contributed by atoms with Crippen LogP contribution in [0.4, 0.5) is 0 Å². The van der Waals surface area contributed by atoms with Crippen molar-refractivity contribution >= 4 is 37.2 Å². The Hall–Kier alpha value is -0.780. The van der Waals surface area contributed by atoms with Crippen LogP contribution in [0.15, 0.2) is 17.0 Å². The highest BCUT2D eigenvalue weighted by atomic mass is 35.7. The number of halogens is 2. The van der Waals surface area contributed by atoms with Crippen LogP contribution >= 0.6 is 22.3 Å². The Morgan fingerprint density at radius 1 is 1.29 bits per heavy atom. The molecule has 1 rings (SSSR count). The van der Waals surface area contributed by atoms with Crippen molar-refractivity contribution in [3.63, 3.8) is 0 Å². The maximum absolute atomic E-state index is 12.2. The standard InChI is InChI=1S/C14H19Cl2NO3S/c1-8(2)9(3)7-17-14(18)12-5-11(15)6-13(10(12)4)21(16,19)20/h5-6,8-9H,7H2,1-4H3,(H,17,18). The van der Waals surface area contributed by atoms with Crippen molar-refractivity contribution in [1.82, 2.24) is 5.32 Å². The normalized spacial score (nSPS) is 13.3. The number of carbonyl (C=O) groups is 1. The molecule has 1 amide bonds. The van der Waals surface area contributed by atoms with E-state index in [1.807, 2.05) is 6.92 Å².